The molecule has 21 heavy (non-hydrogen) atoms. The molecule has 0 aliphatic carbocycles. The van der Waals surface area contributed by atoms with Crippen LogP contribution in [0, 0.1) is 0 Å². The first-order valence-corrected chi connectivity index (χ1v) is 7.27. The molecule has 0 radical (unpaired) electrons. The summed E-state index contributed by atoms with van der Waals surface area (Å²) in [5, 5.41) is 6.31. The van der Waals surface area contributed by atoms with Crippen molar-refractivity contribution < 1.29 is 9.53 Å². The van der Waals surface area contributed by atoms with E-state index in [2.05, 4.69) is 29.7 Å². The first kappa shape index (κ1) is 18.0. The summed E-state index contributed by atoms with van der Waals surface area (Å²) >= 11 is 0. The second-order valence-electron chi connectivity index (χ2n) is 5.47. The molecule has 1 aromatic rings. The summed E-state index contributed by atoms with van der Waals surface area (Å²) in [6.45, 7) is 4.42. The summed E-state index contributed by atoms with van der Waals surface area (Å²) in [6, 6.07) is 10.2. The van der Waals surface area contributed by atoms with Crippen molar-refractivity contribution >= 4 is 18.3 Å². The third-order valence-electron chi connectivity index (χ3n) is 4.15. The van der Waals surface area contributed by atoms with Crippen molar-refractivity contribution in [3.05, 3.63) is 35.9 Å². The minimum atomic E-state index is -0.651. The average Bonchev–Trinajstić information content (AvgIpc) is 2.53. The van der Waals surface area contributed by atoms with Crippen molar-refractivity contribution in [1.29, 1.82) is 0 Å². The van der Waals surface area contributed by atoms with Crippen LogP contribution in [0.5, 0.6) is 0 Å². The Balaban J connectivity index is 0.00000220. The van der Waals surface area contributed by atoms with Crippen LogP contribution < -0.4 is 10.6 Å². The van der Waals surface area contributed by atoms with E-state index in [-0.39, 0.29) is 18.3 Å². The van der Waals surface area contributed by atoms with E-state index in [1.54, 1.807) is 7.11 Å². The largest absolute Gasteiger partial charge is 0.368 e. The second-order valence-corrected chi connectivity index (χ2v) is 5.47. The number of piperidine rings is 1. The monoisotopic (exact) mass is 312 g/mol. The Labute approximate surface area is 133 Å². The van der Waals surface area contributed by atoms with Gasteiger partial charge in [-0.25, -0.2) is 0 Å². The van der Waals surface area contributed by atoms with Crippen LogP contribution in [-0.4, -0.2) is 38.3 Å². The lowest BCUT2D eigenvalue weighted by Gasteiger charge is -2.35. The van der Waals surface area contributed by atoms with Crippen LogP contribution in [0.25, 0.3) is 0 Å². The van der Waals surface area contributed by atoms with E-state index in [1.807, 2.05) is 18.2 Å². The molecule has 1 heterocycles. The molecule has 1 fully saturated rings. The van der Waals surface area contributed by atoms with Gasteiger partial charge in [-0.3, -0.25) is 4.79 Å². The fourth-order valence-electron chi connectivity index (χ4n) is 2.66. The Hall–Kier alpha value is -1.10. The van der Waals surface area contributed by atoms with Gasteiger partial charge in [0.25, 0.3) is 5.91 Å². The number of amides is 1. The molecule has 0 aromatic heterocycles. The van der Waals surface area contributed by atoms with Crippen LogP contribution in [0.2, 0.25) is 0 Å². The summed E-state index contributed by atoms with van der Waals surface area (Å²) in [5.74, 6) is 0.319. The number of carbonyl (C=O) groups excluding carboxylic acids is 1. The highest BCUT2D eigenvalue weighted by Crippen LogP contribution is 2.23. The van der Waals surface area contributed by atoms with Crippen LogP contribution in [0.3, 0.4) is 0 Å². The highest BCUT2D eigenvalue weighted by molar-refractivity contribution is 5.85. The van der Waals surface area contributed by atoms with Gasteiger partial charge in [0, 0.05) is 13.7 Å². The van der Waals surface area contributed by atoms with E-state index in [9.17, 15) is 4.79 Å². The number of ether oxygens (including phenoxy) is 1. The summed E-state index contributed by atoms with van der Waals surface area (Å²) in [4.78, 5) is 12.4. The van der Waals surface area contributed by atoms with Crippen LogP contribution >= 0.6 is 12.4 Å². The van der Waals surface area contributed by atoms with E-state index >= 15 is 0 Å². The lowest BCUT2D eigenvalue weighted by molar-refractivity contribution is -0.146. The van der Waals surface area contributed by atoms with E-state index in [4.69, 9.17) is 4.74 Å². The fraction of sp³-hybridized carbons (Fsp3) is 0.562. The third-order valence-corrected chi connectivity index (χ3v) is 4.15. The Morgan fingerprint density at radius 3 is 2.52 bits per heavy atom. The van der Waals surface area contributed by atoms with E-state index < -0.39 is 5.60 Å². The summed E-state index contributed by atoms with van der Waals surface area (Å²) in [5.41, 5.74) is 0.589. The number of benzene rings is 1. The molecule has 1 amide bonds. The molecule has 1 saturated heterocycles. The SMILES string of the molecule is COC1(C(=O)NCC(C)c2ccccc2)CCNCC1.Cl. The molecule has 1 unspecified atom stereocenters. The van der Waals surface area contributed by atoms with Gasteiger partial charge in [-0.1, -0.05) is 37.3 Å². The van der Waals surface area contributed by atoms with Gasteiger partial charge in [0.15, 0.2) is 0 Å². The summed E-state index contributed by atoms with van der Waals surface area (Å²) in [6.07, 6.45) is 1.46. The molecular formula is C16H25ClN2O2. The maximum Gasteiger partial charge on any atom is 0.252 e. The van der Waals surface area contributed by atoms with Gasteiger partial charge in [-0.15, -0.1) is 12.4 Å². The molecular weight excluding hydrogens is 288 g/mol. The molecule has 4 nitrogen and oxygen atoms in total. The van der Waals surface area contributed by atoms with E-state index in [0.29, 0.717) is 12.5 Å². The van der Waals surface area contributed by atoms with Gasteiger partial charge in [0.1, 0.15) is 5.60 Å². The smallest absolute Gasteiger partial charge is 0.252 e. The second kappa shape index (κ2) is 8.37. The molecule has 1 aromatic carbocycles. The molecule has 0 spiro atoms. The molecule has 2 rings (SSSR count). The first-order chi connectivity index (χ1) is 9.68. The van der Waals surface area contributed by atoms with Crippen molar-refractivity contribution in [1.82, 2.24) is 10.6 Å². The van der Waals surface area contributed by atoms with E-state index in [0.717, 1.165) is 25.9 Å². The number of carbonyl (C=O) groups is 1. The molecule has 5 heteroatoms. The Bertz CT molecular complexity index is 433. The predicted octanol–water partition coefficient (Wildman–Crippen LogP) is 2.10. The number of nitrogens with one attached hydrogen (secondary N) is 2. The zero-order valence-corrected chi connectivity index (χ0v) is 13.5. The molecule has 1 atom stereocenters. The lowest BCUT2D eigenvalue weighted by atomic mass is 9.90. The molecule has 2 N–H and O–H groups in total. The van der Waals surface area contributed by atoms with Crippen molar-refractivity contribution in [3.8, 4) is 0 Å². The number of methoxy groups -OCH3 is 1. The fourth-order valence-corrected chi connectivity index (χ4v) is 2.66. The van der Waals surface area contributed by atoms with E-state index in [1.165, 1.54) is 5.56 Å². The average molecular weight is 313 g/mol. The zero-order chi connectivity index (χ0) is 14.4. The van der Waals surface area contributed by atoms with Gasteiger partial charge in [-0.05, 0) is 37.4 Å². The maximum atomic E-state index is 12.4. The number of rotatable bonds is 5. The zero-order valence-electron chi connectivity index (χ0n) is 12.7. The molecule has 0 saturated carbocycles. The van der Waals surface area contributed by atoms with Crippen molar-refractivity contribution in [2.24, 2.45) is 0 Å². The van der Waals surface area contributed by atoms with Crippen LogP contribution in [-0.2, 0) is 9.53 Å². The van der Waals surface area contributed by atoms with Crippen molar-refractivity contribution in [2.75, 3.05) is 26.7 Å². The molecule has 118 valence electrons. The van der Waals surface area contributed by atoms with Crippen LogP contribution in [0.4, 0.5) is 0 Å². The van der Waals surface area contributed by atoms with Crippen molar-refractivity contribution in [3.63, 3.8) is 0 Å². The third kappa shape index (κ3) is 4.43. The van der Waals surface area contributed by atoms with Crippen LogP contribution in [0.1, 0.15) is 31.2 Å². The Kier molecular flexibility index (Phi) is 7.15. The Morgan fingerprint density at radius 1 is 1.33 bits per heavy atom. The maximum absolute atomic E-state index is 12.4. The highest BCUT2D eigenvalue weighted by Gasteiger charge is 2.39. The first-order valence-electron chi connectivity index (χ1n) is 7.27. The number of halogens is 1. The molecule has 1 aliphatic heterocycles. The number of hydrogen-bond donors (Lipinski definition) is 2. The Morgan fingerprint density at radius 2 is 1.95 bits per heavy atom. The van der Waals surface area contributed by atoms with Gasteiger partial charge >= 0.3 is 0 Å². The molecule has 0 bridgehead atoms. The topological polar surface area (TPSA) is 50.4 Å². The minimum Gasteiger partial charge on any atom is -0.368 e. The minimum absolute atomic E-state index is 0. The standard InChI is InChI=1S/C16H24N2O2.ClH/c1-13(14-6-4-3-5-7-14)12-18-15(19)16(20-2)8-10-17-11-9-16;/h3-7,13,17H,8-12H2,1-2H3,(H,18,19);1H. The van der Waals surface area contributed by atoms with Crippen molar-refractivity contribution in [2.45, 2.75) is 31.3 Å². The van der Waals surface area contributed by atoms with Crippen LogP contribution in [0.15, 0.2) is 30.3 Å². The lowest BCUT2D eigenvalue weighted by Crippen LogP contribution is -2.54. The van der Waals surface area contributed by atoms with Gasteiger partial charge < -0.3 is 15.4 Å². The van der Waals surface area contributed by atoms with Gasteiger partial charge in [0.05, 0.1) is 0 Å². The normalized spacial score (nSPS) is 18.4. The molecule has 1 aliphatic rings. The summed E-state index contributed by atoms with van der Waals surface area (Å²) < 4.78 is 5.53. The quantitative estimate of drug-likeness (QED) is 0.875. The number of hydrogen-bond acceptors (Lipinski definition) is 3. The predicted molar refractivity (Wildman–Crippen MR) is 87.0 cm³/mol. The highest BCUT2D eigenvalue weighted by atomic mass is 35.5. The summed E-state index contributed by atoms with van der Waals surface area (Å²) in [7, 11) is 1.63. The van der Waals surface area contributed by atoms with Gasteiger partial charge in [-0.2, -0.15) is 0 Å². The van der Waals surface area contributed by atoms with Gasteiger partial charge in [0.2, 0.25) is 0 Å².